The van der Waals surface area contributed by atoms with E-state index < -0.39 is 37.1 Å². The van der Waals surface area contributed by atoms with E-state index in [1.807, 2.05) is 0 Å². The molecule has 0 aliphatic carbocycles. The number of hydrogen-bond acceptors (Lipinski definition) is 9. The Morgan fingerprint density at radius 1 is 1.00 bits per heavy atom. The second kappa shape index (κ2) is 11.1. The minimum Gasteiger partial charge on any atom is -0.394 e. The summed E-state index contributed by atoms with van der Waals surface area (Å²) in [7, 11) is 1.35. The molecule has 1 rings (SSSR count). The molecule has 9 nitrogen and oxygen atoms in total. The van der Waals surface area contributed by atoms with Crippen molar-refractivity contribution in [3.63, 3.8) is 0 Å². The molecule has 0 amide bonds. The van der Waals surface area contributed by atoms with Crippen LogP contribution in [0.25, 0.3) is 0 Å². The molecular weight excluding hydrogens is 482 g/mol. The van der Waals surface area contributed by atoms with Crippen molar-refractivity contribution in [2.75, 3.05) is 20.3 Å². The molecule has 0 aliphatic rings. The van der Waals surface area contributed by atoms with Gasteiger partial charge >= 0.3 is 0 Å². The monoisotopic (exact) mass is 505 g/mol. The zero-order valence-corrected chi connectivity index (χ0v) is 15.2. The molecular formula is C13H22N2O7Re. The van der Waals surface area contributed by atoms with E-state index in [0.717, 1.165) is 0 Å². The molecule has 1 aromatic rings. The van der Waals surface area contributed by atoms with E-state index >= 15 is 0 Å². The van der Waals surface area contributed by atoms with Crippen LogP contribution in [0.1, 0.15) is 17.5 Å². The van der Waals surface area contributed by atoms with Gasteiger partial charge in [-0.15, -0.1) is 0 Å². The van der Waals surface area contributed by atoms with Crippen LogP contribution >= 0.6 is 0 Å². The van der Waals surface area contributed by atoms with E-state index in [2.05, 4.69) is 14.7 Å². The van der Waals surface area contributed by atoms with E-state index in [4.69, 9.17) is 5.11 Å². The minimum atomic E-state index is -1.48. The maximum absolute atomic E-state index is 9.89. The predicted octanol–water partition coefficient (Wildman–Crippen LogP) is -2.87. The number of aromatic nitrogens is 2. The second-order valence-corrected chi connectivity index (χ2v) is 4.91. The maximum Gasteiger partial charge on any atom is 0.126 e. The summed E-state index contributed by atoms with van der Waals surface area (Å²) in [6.07, 6.45) is -4.24. The summed E-state index contributed by atoms with van der Waals surface area (Å²) in [5.74, 6) is 0. The van der Waals surface area contributed by atoms with Crippen LogP contribution in [0, 0.1) is 0 Å². The third-order valence-electron chi connectivity index (χ3n) is 3.13. The van der Waals surface area contributed by atoms with Crippen molar-refractivity contribution >= 4 is 0 Å². The van der Waals surface area contributed by atoms with Crippen molar-refractivity contribution < 1.29 is 55.8 Å². The van der Waals surface area contributed by atoms with Crippen molar-refractivity contribution in [3.8, 4) is 0 Å². The first-order valence-electron chi connectivity index (χ1n) is 6.71. The summed E-state index contributed by atoms with van der Waals surface area (Å²) < 4.78 is 4.68. The fraction of sp³-hybridized carbons (Fsp3) is 0.692. The molecule has 10 heteroatoms. The Kier molecular flexibility index (Phi) is 10.8. The number of ether oxygens (including phenoxy) is 1. The van der Waals surface area contributed by atoms with Gasteiger partial charge in [0, 0.05) is 40.2 Å². The van der Waals surface area contributed by atoms with Gasteiger partial charge in [-0.3, -0.25) is 9.97 Å². The van der Waals surface area contributed by atoms with Crippen LogP contribution in [0.5, 0.6) is 0 Å². The molecule has 1 aromatic heterocycles. The summed E-state index contributed by atoms with van der Waals surface area (Å²) in [6.45, 7) is -0.718. The van der Waals surface area contributed by atoms with Crippen molar-refractivity contribution in [1.29, 1.82) is 0 Å². The summed E-state index contributed by atoms with van der Waals surface area (Å²) in [5.41, 5.74) is 0.381. The number of aliphatic hydroxyl groups excluding tert-OH is 6. The maximum atomic E-state index is 9.89. The molecule has 0 aromatic carbocycles. The fourth-order valence-corrected chi connectivity index (χ4v) is 1.75. The van der Waals surface area contributed by atoms with Gasteiger partial charge in [0.25, 0.3) is 0 Å². The molecule has 1 heterocycles. The molecule has 0 spiro atoms. The fourth-order valence-electron chi connectivity index (χ4n) is 1.75. The van der Waals surface area contributed by atoms with Gasteiger partial charge in [-0.25, -0.2) is 0 Å². The first kappa shape index (κ1) is 22.5. The zero-order valence-electron chi connectivity index (χ0n) is 12.5. The minimum absolute atomic E-state index is 0. The van der Waals surface area contributed by atoms with E-state index in [1.165, 1.54) is 19.5 Å². The molecule has 0 bridgehead atoms. The Labute approximate surface area is 147 Å². The summed E-state index contributed by atoms with van der Waals surface area (Å²) in [6, 6.07) is 0. The molecule has 1 radical (unpaired) electrons. The standard InChI is InChI=1S/C13H22N2O7.Re/c1-22-6-11(19)13(21)12(20)8-4-14-7(3-15-8)2-9(17)10(18)5-16;/h3-4,9-13,16-21H,2,5-6H2,1H3;. The summed E-state index contributed by atoms with van der Waals surface area (Å²) in [4.78, 5) is 7.85. The van der Waals surface area contributed by atoms with Crippen molar-refractivity contribution in [1.82, 2.24) is 9.97 Å². The van der Waals surface area contributed by atoms with E-state index in [-0.39, 0.29) is 39.1 Å². The van der Waals surface area contributed by atoms with E-state index in [0.29, 0.717) is 5.69 Å². The van der Waals surface area contributed by atoms with Crippen LogP contribution in [-0.2, 0) is 31.6 Å². The number of nitrogens with zero attached hydrogens (tertiary/aromatic N) is 2. The first-order chi connectivity index (χ1) is 10.4. The zero-order chi connectivity index (χ0) is 16.7. The van der Waals surface area contributed by atoms with Crippen LogP contribution in [0.4, 0.5) is 0 Å². The third kappa shape index (κ3) is 6.85. The predicted molar refractivity (Wildman–Crippen MR) is 73.7 cm³/mol. The Hall–Kier alpha value is -0.538. The average Bonchev–Trinajstić information content (AvgIpc) is 2.53. The molecule has 0 saturated heterocycles. The van der Waals surface area contributed by atoms with Gasteiger partial charge in [0.05, 0.1) is 36.9 Å². The molecule has 6 N–H and O–H groups in total. The average molecular weight is 505 g/mol. The quantitative estimate of drug-likeness (QED) is 0.208. The van der Waals surface area contributed by atoms with E-state index in [9.17, 15) is 25.5 Å². The van der Waals surface area contributed by atoms with Gasteiger partial charge in [-0.1, -0.05) is 0 Å². The Morgan fingerprint density at radius 2 is 1.65 bits per heavy atom. The van der Waals surface area contributed by atoms with Crippen LogP contribution in [0.3, 0.4) is 0 Å². The molecule has 5 unspecified atom stereocenters. The third-order valence-corrected chi connectivity index (χ3v) is 3.13. The molecule has 0 fully saturated rings. The van der Waals surface area contributed by atoms with Gasteiger partial charge in [-0.05, 0) is 0 Å². The van der Waals surface area contributed by atoms with Gasteiger partial charge in [-0.2, -0.15) is 0 Å². The molecule has 5 atom stereocenters. The van der Waals surface area contributed by atoms with Gasteiger partial charge < -0.3 is 35.4 Å². The van der Waals surface area contributed by atoms with Gasteiger partial charge in [0.15, 0.2) is 0 Å². The second-order valence-electron chi connectivity index (χ2n) is 4.91. The Morgan fingerprint density at radius 3 is 2.13 bits per heavy atom. The van der Waals surface area contributed by atoms with Crippen LogP contribution in [-0.4, -0.2) is 85.3 Å². The summed E-state index contributed by atoms with van der Waals surface area (Å²) >= 11 is 0. The first-order valence-corrected chi connectivity index (χ1v) is 6.71. The Bertz CT molecular complexity index is 437. The number of rotatable bonds is 9. The van der Waals surface area contributed by atoms with Crippen molar-refractivity contribution in [2.45, 2.75) is 36.9 Å². The van der Waals surface area contributed by atoms with Gasteiger partial charge in [0.2, 0.25) is 0 Å². The largest absolute Gasteiger partial charge is 0.394 e. The Balaban J connectivity index is 0.00000484. The number of hydrogen-bond donors (Lipinski definition) is 6. The smallest absolute Gasteiger partial charge is 0.126 e. The SMILES string of the molecule is COCC(O)C(O)C(O)c1cnc(CC(O)C(O)CO)cn1.[Re]. The number of aliphatic hydroxyl groups is 6. The van der Waals surface area contributed by atoms with E-state index in [1.54, 1.807) is 0 Å². The molecule has 23 heavy (non-hydrogen) atoms. The van der Waals surface area contributed by atoms with Gasteiger partial charge in [0.1, 0.15) is 24.4 Å². The molecule has 0 saturated carbocycles. The van der Waals surface area contributed by atoms with Crippen LogP contribution in [0.2, 0.25) is 0 Å². The topological polar surface area (TPSA) is 156 Å². The molecule has 133 valence electrons. The number of methoxy groups -OCH3 is 1. The van der Waals surface area contributed by atoms with Crippen molar-refractivity contribution in [3.05, 3.63) is 23.8 Å². The van der Waals surface area contributed by atoms with Crippen molar-refractivity contribution in [2.24, 2.45) is 0 Å². The molecule has 0 aliphatic heterocycles. The summed E-state index contributed by atoms with van der Waals surface area (Å²) in [5, 5.41) is 56.7. The van der Waals surface area contributed by atoms with Crippen LogP contribution in [0.15, 0.2) is 12.4 Å². The normalized spacial score (nSPS) is 17.7. The van der Waals surface area contributed by atoms with Crippen LogP contribution < -0.4 is 0 Å².